The molecule has 0 saturated carbocycles. The predicted octanol–water partition coefficient (Wildman–Crippen LogP) is 3.51. The predicted molar refractivity (Wildman–Crippen MR) is 105 cm³/mol. The highest BCUT2D eigenvalue weighted by Crippen LogP contribution is 2.24. The molecule has 7 heteroatoms. The number of sulfonamides is 1. The van der Waals surface area contributed by atoms with E-state index in [1.807, 2.05) is 31.2 Å². The fourth-order valence-electron chi connectivity index (χ4n) is 2.87. The summed E-state index contributed by atoms with van der Waals surface area (Å²) in [5.74, 6) is 0.113. The lowest BCUT2D eigenvalue weighted by Crippen LogP contribution is -2.28. The van der Waals surface area contributed by atoms with Crippen LogP contribution >= 0.6 is 11.8 Å². The Balaban J connectivity index is 1.65. The van der Waals surface area contributed by atoms with Crippen molar-refractivity contribution in [3.8, 4) is 0 Å². The lowest BCUT2D eigenvalue weighted by molar-refractivity contribution is -0.113. The minimum Gasteiger partial charge on any atom is -0.325 e. The smallest absolute Gasteiger partial charge is 0.243 e. The molecule has 1 N–H and O–H groups in total. The average molecular weight is 391 g/mol. The van der Waals surface area contributed by atoms with Crippen LogP contribution in [0.15, 0.2) is 58.3 Å². The minimum absolute atomic E-state index is 0.158. The maximum atomic E-state index is 12.6. The largest absolute Gasteiger partial charge is 0.325 e. The van der Waals surface area contributed by atoms with Crippen molar-refractivity contribution in [1.29, 1.82) is 0 Å². The molecule has 5 nitrogen and oxygen atoms in total. The topological polar surface area (TPSA) is 66.5 Å². The Bertz CT molecular complexity index is 891. The van der Waals surface area contributed by atoms with Gasteiger partial charge in [0.1, 0.15) is 0 Å². The third-order valence-corrected chi connectivity index (χ3v) is 7.34. The molecule has 0 unspecified atom stereocenters. The van der Waals surface area contributed by atoms with E-state index in [4.69, 9.17) is 0 Å². The molecule has 26 heavy (non-hydrogen) atoms. The van der Waals surface area contributed by atoms with Crippen LogP contribution in [0, 0.1) is 6.92 Å². The summed E-state index contributed by atoms with van der Waals surface area (Å²) in [5.41, 5.74) is 1.63. The van der Waals surface area contributed by atoms with Crippen LogP contribution < -0.4 is 5.32 Å². The molecule has 0 aromatic heterocycles. The van der Waals surface area contributed by atoms with Crippen molar-refractivity contribution < 1.29 is 13.2 Å². The van der Waals surface area contributed by atoms with Crippen molar-refractivity contribution in [3.63, 3.8) is 0 Å². The minimum atomic E-state index is -3.48. The van der Waals surface area contributed by atoms with E-state index < -0.39 is 10.0 Å². The first-order chi connectivity index (χ1) is 12.5. The fourth-order valence-corrected chi connectivity index (χ4v) is 5.26. The second-order valence-electron chi connectivity index (χ2n) is 6.24. The summed E-state index contributed by atoms with van der Waals surface area (Å²) in [6.07, 6.45) is 1.79. The summed E-state index contributed by atoms with van der Waals surface area (Å²) in [6.45, 7) is 3.13. The first-order valence-corrected chi connectivity index (χ1v) is 11.0. The number of aryl methyl sites for hydroxylation is 1. The maximum Gasteiger partial charge on any atom is 0.243 e. The molecule has 0 atom stereocenters. The average Bonchev–Trinajstić information content (AvgIpc) is 3.17. The Morgan fingerprint density at radius 3 is 2.58 bits per heavy atom. The zero-order valence-electron chi connectivity index (χ0n) is 14.6. The van der Waals surface area contributed by atoms with Gasteiger partial charge in [-0.1, -0.05) is 24.3 Å². The molecule has 3 rings (SSSR count). The molecule has 1 aliphatic rings. The van der Waals surface area contributed by atoms with Gasteiger partial charge in [0.05, 0.1) is 10.6 Å². The van der Waals surface area contributed by atoms with Crippen molar-refractivity contribution in [1.82, 2.24) is 4.31 Å². The number of carbonyl (C=O) groups is 1. The van der Waals surface area contributed by atoms with E-state index in [9.17, 15) is 13.2 Å². The van der Waals surface area contributed by atoms with Gasteiger partial charge in [-0.3, -0.25) is 4.79 Å². The van der Waals surface area contributed by atoms with Gasteiger partial charge in [0.2, 0.25) is 15.9 Å². The highest BCUT2D eigenvalue weighted by Gasteiger charge is 2.27. The van der Waals surface area contributed by atoms with Crippen LogP contribution in [0.2, 0.25) is 0 Å². The number of rotatable bonds is 6. The Morgan fingerprint density at radius 2 is 1.85 bits per heavy atom. The summed E-state index contributed by atoms with van der Waals surface area (Å²) < 4.78 is 26.8. The number of thioether (sulfide) groups is 1. The molecule has 0 aliphatic carbocycles. The normalized spacial score (nSPS) is 15.1. The van der Waals surface area contributed by atoms with Crippen LogP contribution in [0.3, 0.4) is 0 Å². The zero-order chi connectivity index (χ0) is 18.6. The number of nitrogens with one attached hydrogen (secondary N) is 1. The van der Waals surface area contributed by atoms with Crippen LogP contribution in [0.25, 0.3) is 0 Å². The Morgan fingerprint density at radius 1 is 1.12 bits per heavy atom. The number of benzene rings is 2. The molecule has 138 valence electrons. The van der Waals surface area contributed by atoms with Gasteiger partial charge in [-0.25, -0.2) is 8.42 Å². The summed E-state index contributed by atoms with van der Waals surface area (Å²) in [7, 11) is -3.48. The number of carbonyl (C=O) groups excluding carboxylic acids is 1. The SMILES string of the molecule is Cc1ccccc1SCC(=O)Nc1cccc(S(=O)(=O)N2CCCC2)c1. The van der Waals surface area contributed by atoms with E-state index in [0.717, 1.165) is 23.3 Å². The second-order valence-corrected chi connectivity index (χ2v) is 9.20. The van der Waals surface area contributed by atoms with Crippen LogP contribution in [-0.2, 0) is 14.8 Å². The molecule has 1 aliphatic heterocycles. The van der Waals surface area contributed by atoms with Gasteiger partial charge < -0.3 is 5.32 Å². The summed E-state index contributed by atoms with van der Waals surface area (Å²) in [5, 5.41) is 2.79. The van der Waals surface area contributed by atoms with Crippen molar-refractivity contribution in [2.45, 2.75) is 29.6 Å². The van der Waals surface area contributed by atoms with E-state index in [1.165, 1.54) is 22.1 Å². The summed E-state index contributed by atoms with van der Waals surface area (Å²) in [6, 6.07) is 14.4. The van der Waals surface area contributed by atoms with E-state index in [2.05, 4.69) is 5.32 Å². The molecule has 1 heterocycles. The van der Waals surface area contributed by atoms with E-state index in [-0.39, 0.29) is 16.6 Å². The standard InChI is InChI=1S/C19H22N2O3S2/c1-15-7-2-3-10-18(15)25-14-19(22)20-16-8-6-9-17(13-16)26(23,24)21-11-4-5-12-21/h2-3,6-10,13H,4-5,11-12,14H2,1H3,(H,20,22). The van der Waals surface area contributed by atoms with E-state index >= 15 is 0 Å². The van der Waals surface area contributed by atoms with Crippen LogP contribution in [0.1, 0.15) is 18.4 Å². The van der Waals surface area contributed by atoms with Gasteiger partial charge >= 0.3 is 0 Å². The number of hydrogen-bond acceptors (Lipinski definition) is 4. The monoisotopic (exact) mass is 390 g/mol. The van der Waals surface area contributed by atoms with Crippen molar-refractivity contribution in [3.05, 3.63) is 54.1 Å². The second kappa shape index (κ2) is 8.24. The Labute approximate surface area is 158 Å². The number of nitrogens with zero attached hydrogens (tertiary/aromatic N) is 1. The van der Waals surface area contributed by atoms with E-state index in [0.29, 0.717) is 18.8 Å². The van der Waals surface area contributed by atoms with Gasteiger partial charge in [0.15, 0.2) is 0 Å². The van der Waals surface area contributed by atoms with Crippen molar-refractivity contribution in [2.75, 3.05) is 24.2 Å². The quantitative estimate of drug-likeness (QED) is 0.767. The molecule has 0 bridgehead atoms. The highest BCUT2D eigenvalue weighted by atomic mass is 32.2. The molecule has 2 aromatic rings. The Kier molecular flexibility index (Phi) is 6.01. The van der Waals surface area contributed by atoms with Gasteiger partial charge in [0, 0.05) is 23.7 Å². The third kappa shape index (κ3) is 4.47. The van der Waals surface area contributed by atoms with Gasteiger partial charge in [-0.2, -0.15) is 4.31 Å². The van der Waals surface area contributed by atoms with Crippen LogP contribution in [0.4, 0.5) is 5.69 Å². The molecule has 1 saturated heterocycles. The fraction of sp³-hybridized carbons (Fsp3) is 0.316. The third-order valence-electron chi connectivity index (χ3n) is 4.27. The molecular formula is C19H22N2O3S2. The number of amides is 1. The molecule has 0 spiro atoms. The molecule has 1 amide bonds. The lowest BCUT2D eigenvalue weighted by Gasteiger charge is -2.16. The van der Waals surface area contributed by atoms with Crippen LogP contribution in [0.5, 0.6) is 0 Å². The van der Waals surface area contributed by atoms with Gasteiger partial charge in [0.25, 0.3) is 0 Å². The number of anilines is 1. The number of hydrogen-bond donors (Lipinski definition) is 1. The van der Waals surface area contributed by atoms with Crippen LogP contribution in [-0.4, -0.2) is 37.5 Å². The Hall–Kier alpha value is -1.83. The first kappa shape index (κ1) is 18.9. The van der Waals surface area contributed by atoms with Gasteiger partial charge in [-0.05, 0) is 49.6 Å². The van der Waals surface area contributed by atoms with Gasteiger partial charge in [-0.15, -0.1) is 11.8 Å². The maximum absolute atomic E-state index is 12.6. The summed E-state index contributed by atoms with van der Waals surface area (Å²) in [4.78, 5) is 13.5. The first-order valence-electron chi connectivity index (χ1n) is 8.55. The summed E-state index contributed by atoms with van der Waals surface area (Å²) >= 11 is 1.47. The van der Waals surface area contributed by atoms with Crippen molar-refractivity contribution >= 4 is 33.4 Å². The highest BCUT2D eigenvalue weighted by molar-refractivity contribution is 8.00. The van der Waals surface area contributed by atoms with E-state index in [1.54, 1.807) is 18.2 Å². The van der Waals surface area contributed by atoms with Crippen molar-refractivity contribution in [2.24, 2.45) is 0 Å². The molecule has 2 aromatic carbocycles. The zero-order valence-corrected chi connectivity index (χ0v) is 16.3. The lowest BCUT2D eigenvalue weighted by atomic mass is 10.2. The molecule has 0 radical (unpaired) electrons. The molecule has 1 fully saturated rings. The molecular weight excluding hydrogens is 368 g/mol.